The van der Waals surface area contributed by atoms with Crippen LogP contribution < -0.4 is 0 Å². The van der Waals surface area contributed by atoms with Crippen molar-refractivity contribution in [2.24, 2.45) is 11.8 Å². The Balaban J connectivity index is 1.61. The molecule has 3 aromatic rings. The SMILES string of the molecule is CCCCCCCCC(CCCCCC)CN1C(=O)C2=C(c3ccc(C(C)(C)C)o3)N(CC(CCCCCC)CCCCCCCC)C(=O)C2=C1c1ccc(-c2ccc(C(C)(C)C)s2)o1. The average molecular weight is 911 g/mol. The molecule has 0 spiro atoms. The van der Waals surface area contributed by atoms with Gasteiger partial charge in [-0.1, -0.05) is 198 Å². The lowest BCUT2D eigenvalue weighted by molar-refractivity contribution is -0.124. The number of furan rings is 2. The van der Waals surface area contributed by atoms with Crippen LogP contribution in [0.3, 0.4) is 0 Å². The van der Waals surface area contributed by atoms with Crippen LogP contribution in [0.2, 0.25) is 0 Å². The number of rotatable bonds is 31. The Bertz CT molecular complexity index is 1980. The van der Waals surface area contributed by atoms with Gasteiger partial charge in [0.05, 0.1) is 16.0 Å². The zero-order chi connectivity index (χ0) is 47.0. The third-order valence-corrected chi connectivity index (χ3v) is 15.5. The van der Waals surface area contributed by atoms with Gasteiger partial charge in [0.25, 0.3) is 11.8 Å². The minimum absolute atomic E-state index is 0.0250. The van der Waals surface area contributed by atoms with Crippen LogP contribution in [0.4, 0.5) is 0 Å². The predicted molar refractivity (Wildman–Crippen MR) is 276 cm³/mol. The van der Waals surface area contributed by atoms with Crippen LogP contribution in [0.1, 0.15) is 245 Å². The molecule has 2 unspecified atom stereocenters. The molecule has 2 amide bonds. The van der Waals surface area contributed by atoms with Gasteiger partial charge in [-0.25, -0.2) is 0 Å². The Morgan fingerprint density at radius 3 is 1.25 bits per heavy atom. The number of carbonyl (C=O) groups is 2. The summed E-state index contributed by atoms with van der Waals surface area (Å²) < 4.78 is 13.6. The topological polar surface area (TPSA) is 66.9 Å². The molecule has 0 radical (unpaired) electrons. The molecule has 0 aliphatic carbocycles. The van der Waals surface area contributed by atoms with Crippen LogP contribution in [0.5, 0.6) is 0 Å². The number of fused-ring (bicyclic) bond motifs is 1. The first-order chi connectivity index (χ1) is 31.2. The summed E-state index contributed by atoms with van der Waals surface area (Å²) in [6.07, 6.45) is 28.9. The quantitative estimate of drug-likeness (QED) is 0.0603. The number of amides is 2. The summed E-state index contributed by atoms with van der Waals surface area (Å²) in [5, 5.41) is 0. The molecule has 0 fully saturated rings. The molecule has 0 N–H and O–H groups in total. The Morgan fingerprint density at radius 1 is 0.462 bits per heavy atom. The van der Waals surface area contributed by atoms with Gasteiger partial charge in [0.2, 0.25) is 0 Å². The van der Waals surface area contributed by atoms with Crippen molar-refractivity contribution in [1.82, 2.24) is 9.80 Å². The highest BCUT2D eigenvalue weighted by molar-refractivity contribution is 7.15. The van der Waals surface area contributed by atoms with Gasteiger partial charge in [-0.2, -0.15) is 0 Å². The lowest BCUT2D eigenvalue weighted by Crippen LogP contribution is -2.34. The van der Waals surface area contributed by atoms with Gasteiger partial charge in [0.1, 0.15) is 22.9 Å². The predicted octanol–water partition coefficient (Wildman–Crippen LogP) is 17.7. The summed E-state index contributed by atoms with van der Waals surface area (Å²) >= 11 is 1.75. The summed E-state index contributed by atoms with van der Waals surface area (Å²) in [6, 6.07) is 12.5. The smallest absolute Gasteiger partial charge is 0.261 e. The van der Waals surface area contributed by atoms with E-state index >= 15 is 9.59 Å². The third-order valence-electron chi connectivity index (χ3n) is 13.9. The van der Waals surface area contributed by atoms with E-state index in [9.17, 15) is 0 Å². The molecule has 5 heterocycles. The highest BCUT2D eigenvalue weighted by Crippen LogP contribution is 2.49. The fourth-order valence-electron chi connectivity index (χ4n) is 9.91. The van der Waals surface area contributed by atoms with E-state index in [-0.39, 0.29) is 22.6 Å². The first-order valence-corrected chi connectivity index (χ1v) is 27.5. The summed E-state index contributed by atoms with van der Waals surface area (Å²) in [6.45, 7) is 23.4. The normalized spacial score (nSPS) is 15.7. The van der Waals surface area contributed by atoms with E-state index in [1.54, 1.807) is 11.3 Å². The maximum absolute atomic E-state index is 15.6. The standard InChI is InChI=1S/C58H90N2O4S/c1-11-15-19-23-25-29-33-43(31-27-21-17-13-3)41-59-53(46-36-35-45(63-46)48-38-40-50(65-48)58(8,9)10)51-52(56(59)62)54(47-37-39-49(64-47)57(5,6)7)60(55(51)61)42-44(32-28-22-18-14-4)34-30-26-24-20-16-12-2/h35-40,43-44H,11-34,41-42H2,1-10H3. The van der Waals surface area contributed by atoms with Crippen molar-refractivity contribution in [2.45, 2.75) is 234 Å². The van der Waals surface area contributed by atoms with Gasteiger partial charge in [-0.15, -0.1) is 11.3 Å². The van der Waals surface area contributed by atoms with Crippen molar-refractivity contribution in [2.75, 3.05) is 13.1 Å². The summed E-state index contributed by atoms with van der Waals surface area (Å²) in [7, 11) is 0. The van der Waals surface area contributed by atoms with Crippen molar-refractivity contribution >= 4 is 34.5 Å². The van der Waals surface area contributed by atoms with E-state index in [0.717, 1.165) is 61.3 Å². The lowest BCUT2D eigenvalue weighted by atomic mass is 9.93. The van der Waals surface area contributed by atoms with Crippen molar-refractivity contribution in [1.29, 1.82) is 0 Å². The highest BCUT2D eigenvalue weighted by atomic mass is 32.1. The van der Waals surface area contributed by atoms with E-state index in [1.165, 1.54) is 114 Å². The van der Waals surface area contributed by atoms with Crippen molar-refractivity contribution in [3.63, 3.8) is 0 Å². The van der Waals surface area contributed by atoms with E-state index < -0.39 is 0 Å². The number of hydrogen-bond donors (Lipinski definition) is 0. The molecule has 2 aliphatic heterocycles. The van der Waals surface area contributed by atoms with E-state index in [4.69, 9.17) is 8.83 Å². The molecule has 3 aromatic heterocycles. The highest BCUT2D eigenvalue weighted by Gasteiger charge is 2.51. The number of thiophene rings is 1. The van der Waals surface area contributed by atoms with Gasteiger partial charge < -0.3 is 18.6 Å². The number of hydrogen-bond acceptors (Lipinski definition) is 5. The van der Waals surface area contributed by atoms with Gasteiger partial charge >= 0.3 is 0 Å². The summed E-state index contributed by atoms with van der Waals surface area (Å²) in [4.78, 5) is 37.5. The Labute approximate surface area is 400 Å². The van der Waals surface area contributed by atoms with Crippen molar-refractivity contribution in [3.05, 3.63) is 69.7 Å². The second-order valence-electron chi connectivity index (χ2n) is 21.8. The first-order valence-electron chi connectivity index (χ1n) is 26.7. The first kappa shape index (κ1) is 52.6. The molecule has 362 valence electrons. The second kappa shape index (κ2) is 25.7. The molecule has 5 rings (SSSR count). The summed E-state index contributed by atoms with van der Waals surface area (Å²) in [5.41, 5.74) is 2.09. The van der Waals surface area contributed by atoms with Crippen molar-refractivity contribution < 1.29 is 18.4 Å². The molecular formula is C58H90N2O4S. The molecule has 2 atom stereocenters. The average Bonchev–Trinajstić information content (AvgIpc) is 4.12. The van der Waals surface area contributed by atoms with Crippen LogP contribution in [-0.2, 0) is 20.4 Å². The molecule has 7 heteroatoms. The number of unbranched alkanes of at least 4 members (excludes halogenated alkanes) is 16. The van der Waals surface area contributed by atoms with Gasteiger partial charge in [0, 0.05) is 23.4 Å². The number of nitrogens with zero attached hydrogens (tertiary/aromatic N) is 2. The van der Waals surface area contributed by atoms with Crippen LogP contribution in [0.25, 0.3) is 22.0 Å². The van der Waals surface area contributed by atoms with Crippen LogP contribution >= 0.6 is 11.3 Å². The van der Waals surface area contributed by atoms with Gasteiger partial charge in [-0.05, 0) is 79.3 Å². The molecule has 0 aromatic carbocycles. The Kier molecular flexibility index (Phi) is 20.8. The maximum Gasteiger partial charge on any atom is 0.261 e. The molecule has 2 aliphatic rings. The van der Waals surface area contributed by atoms with Crippen molar-refractivity contribution in [3.8, 4) is 10.6 Å². The molecular weight excluding hydrogens is 821 g/mol. The fourth-order valence-corrected chi connectivity index (χ4v) is 10.9. The minimum atomic E-state index is -0.229. The van der Waals surface area contributed by atoms with Crippen LogP contribution in [0, 0.1) is 11.8 Å². The van der Waals surface area contributed by atoms with E-state index in [2.05, 4.69) is 81.4 Å². The van der Waals surface area contributed by atoms with Gasteiger partial charge in [-0.3, -0.25) is 9.59 Å². The number of carbonyl (C=O) groups excluding carboxylic acids is 2. The zero-order valence-corrected chi connectivity index (χ0v) is 43.8. The molecule has 6 nitrogen and oxygen atoms in total. The van der Waals surface area contributed by atoms with E-state index in [1.807, 2.05) is 34.1 Å². The molecule has 0 bridgehead atoms. The van der Waals surface area contributed by atoms with E-state index in [0.29, 0.717) is 59.0 Å². The maximum atomic E-state index is 15.6. The molecule has 0 saturated heterocycles. The minimum Gasteiger partial charge on any atom is -0.459 e. The monoisotopic (exact) mass is 911 g/mol. The second-order valence-corrected chi connectivity index (χ2v) is 22.9. The van der Waals surface area contributed by atoms with Crippen LogP contribution in [0.15, 0.2) is 56.4 Å². The third kappa shape index (κ3) is 14.6. The van der Waals surface area contributed by atoms with Crippen LogP contribution in [-0.4, -0.2) is 34.7 Å². The lowest BCUT2D eigenvalue weighted by Gasteiger charge is -2.29. The summed E-state index contributed by atoms with van der Waals surface area (Å²) in [5.74, 6) is 3.32. The zero-order valence-electron chi connectivity index (χ0n) is 42.9. The van der Waals surface area contributed by atoms with Gasteiger partial charge in [0.15, 0.2) is 11.5 Å². The molecule has 0 saturated carbocycles. The molecule has 65 heavy (non-hydrogen) atoms. The largest absolute Gasteiger partial charge is 0.459 e. The fraction of sp³-hybridized carbons (Fsp3) is 0.690. The Morgan fingerprint density at radius 2 is 0.846 bits per heavy atom. The Hall–Kier alpha value is -3.32.